The molecule has 0 radical (unpaired) electrons. The second-order valence-electron chi connectivity index (χ2n) is 15.2. The maximum Gasteiger partial charge on any atom is 0.471 e. The van der Waals surface area contributed by atoms with Gasteiger partial charge >= 0.3 is 18.1 Å². The molecule has 266 valence electrons. The molecule has 5 heterocycles. The summed E-state index contributed by atoms with van der Waals surface area (Å²) in [5.74, 6) is 0.506. The summed E-state index contributed by atoms with van der Waals surface area (Å²) in [6, 6.07) is 9.11. The Morgan fingerprint density at radius 3 is 2.58 bits per heavy atom. The highest BCUT2D eigenvalue weighted by Gasteiger charge is 2.62. The van der Waals surface area contributed by atoms with Crippen LogP contribution in [0.5, 0.6) is 11.8 Å². The van der Waals surface area contributed by atoms with Crippen LogP contribution in [-0.2, 0) is 4.79 Å². The molecule has 4 atom stereocenters. The number of benzene rings is 2. The minimum Gasteiger partial charge on any atom is -0.508 e. The number of aromatic nitrogens is 3. The maximum atomic E-state index is 16.9. The first-order valence-electron chi connectivity index (χ1n) is 17.4. The number of ether oxygens (including phenoxy) is 1. The Morgan fingerprint density at radius 1 is 1.13 bits per heavy atom. The van der Waals surface area contributed by atoms with Crippen LogP contribution in [0.15, 0.2) is 36.5 Å². The summed E-state index contributed by atoms with van der Waals surface area (Å²) >= 11 is 0. The zero-order valence-electron chi connectivity index (χ0n) is 28.0. The lowest BCUT2D eigenvalue weighted by Gasteiger charge is -2.42. The number of aromatic hydroxyl groups is 1. The Balaban J connectivity index is 1.10. The number of nitrogens with zero attached hydrogens (tertiary/aromatic N) is 7. The highest BCUT2D eigenvalue weighted by Crippen LogP contribution is 2.58. The van der Waals surface area contributed by atoms with Gasteiger partial charge in [0.2, 0.25) is 0 Å². The third-order valence-electron chi connectivity index (χ3n) is 11.7. The number of likely N-dealkylation sites (tertiary alicyclic amines) is 1. The molecule has 2 saturated carbocycles. The van der Waals surface area contributed by atoms with Crippen LogP contribution in [0.25, 0.3) is 32.9 Å². The van der Waals surface area contributed by atoms with Crippen molar-refractivity contribution in [1.82, 2.24) is 24.8 Å². The van der Waals surface area contributed by atoms with E-state index in [4.69, 9.17) is 16.1 Å². The fourth-order valence-electron chi connectivity index (χ4n) is 8.89. The Labute approximate surface area is 296 Å². The predicted octanol–water partition coefficient (Wildman–Crippen LogP) is 5.42. The number of fused-ring (bicyclic) bond motifs is 5. The number of alkyl halides is 3. The molecule has 52 heavy (non-hydrogen) atoms. The number of halogens is 4. The van der Waals surface area contributed by atoms with Gasteiger partial charge in [-0.1, -0.05) is 18.1 Å². The third-order valence-corrected chi connectivity index (χ3v) is 11.7. The number of amides is 1. The van der Waals surface area contributed by atoms with Crippen molar-refractivity contribution in [3.8, 4) is 41.4 Å². The standard InChI is InChI=1S/C38H33F4N7O3/c1-2-21-4-3-5-22-10-26(50)11-27(29(21)22)31-30(39)32-28(13-44-31)33(48-15-24-6-7-25(16-48)49(24)34(51)38(40,41)42)46-35(45-32)52-20-36(8-9-36)18-47-14-23-12-37(23,17-43)19-47/h1,3-5,10-11,13,23-25,50H,6-9,12,14-16,18-20H2. The number of piperidine rings is 1. The molecular weight excluding hydrogens is 678 g/mol. The second kappa shape index (κ2) is 11.4. The van der Waals surface area contributed by atoms with Crippen molar-refractivity contribution in [2.24, 2.45) is 16.7 Å². The molecule has 4 aromatic rings. The first kappa shape index (κ1) is 32.7. The number of phenols is 1. The average Bonchev–Trinajstić information content (AvgIpc) is 3.99. The smallest absolute Gasteiger partial charge is 0.471 e. The Kier molecular flexibility index (Phi) is 7.16. The van der Waals surface area contributed by atoms with E-state index in [1.54, 1.807) is 23.1 Å². The number of piperazine rings is 1. The van der Waals surface area contributed by atoms with Gasteiger partial charge in [-0.3, -0.25) is 9.78 Å². The van der Waals surface area contributed by atoms with Gasteiger partial charge in [0.25, 0.3) is 0 Å². The minimum atomic E-state index is -4.99. The van der Waals surface area contributed by atoms with Gasteiger partial charge in [-0.15, -0.1) is 6.42 Å². The SMILES string of the molecule is C#Cc1cccc2cc(O)cc(-c3ncc4c(N5CC6CCC(C5)N6C(=O)C(F)(F)F)nc(OCC5(CN6CC7CC7(C#N)C6)CC5)nc4c3F)c12. The number of carbonyl (C=O) groups excluding carboxylic acids is 1. The summed E-state index contributed by atoms with van der Waals surface area (Å²) in [4.78, 5) is 31.1. The zero-order chi connectivity index (χ0) is 36.2. The molecule has 5 fully saturated rings. The number of terminal acetylenes is 1. The molecule has 3 saturated heterocycles. The van der Waals surface area contributed by atoms with Gasteiger partial charge < -0.3 is 24.5 Å². The fourth-order valence-corrected chi connectivity index (χ4v) is 8.89. The predicted molar refractivity (Wildman–Crippen MR) is 182 cm³/mol. The number of hydrogen-bond acceptors (Lipinski definition) is 9. The number of rotatable bonds is 7. The maximum absolute atomic E-state index is 16.9. The third kappa shape index (κ3) is 5.26. The number of anilines is 1. The molecule has 3 aliphatic heterocycles. The van der Waals surface area contributed by atoms with Gasteiger partial charge in [0.1, 0.15) is 22.8 Å². The highest BCUT2D eigenvalue weighted by molar-refractivity contribution is 6.03. The Hall–Kier alpha value is -5.21. The first-order valence-corrected chi connectivity index (χ1v) is 17.4. The first-order chi connectivity index (χ1) is 24.9. The molecule has 1 amide bonds. The quantitative estimate of drug-likeness (QED) is 0.198. The summed E-state index contributed by atoms with van der Waals surface area (Å²) in [5, 5.41) is 21.6. The lowest BCUT2D eigenvalue weighted by molar-refractivity contribution is -0.188. The molecule has 2 aliphatic carbocycles. The van der Waals surface area contributed by atoms with Gasteiger partial charge in [0.05, 0.1) is 35.6 Å². The fraction of sp³-hybridized carbons (Fsp3) is 0.447. The lowest BCUT2D eigenvalue weighted by Crippen LogP contribution is -2.59. The molecule has 9 rings (SSSR count). The van der Waals surface area contributed by atoms with E-state index >= 15 is 4.39 Å². The molecule has 14 heteroatoms. The van der Waals surface area contributed by atoms with Crippen molar-refractivity contribution < 1.29 is 32.2 Å². The lowest BCUT2D eigenvalue weighted by atomic mass is 9.96. The van der Waals surface area contributed by atoms with Gasteiger partial charge in [-0.05, 0) is 61.6 Å². The van der Waals surface area contributed by atoms with Crippen LogP contribution in [0.2, 0.25) is 0 Å². The molecule has 1 N–H and O–H groups in total. The number of hydrogen-bond donors (Lipinski definition) is 1. The van der Waals surface area contributed by atoms with Crippen molar-refractivity contribution in [3.05, 3.63) is 47.9 Å². The summed E-state index contributed by atoms with van der Waals surface area (Å²) in [6.07, 6.45) is 5.79. The van der Waals surface area contributed by atoms with Gasteiger partial charge in [-0.25, -0.2) is 4.39 Å². The van der Waals surface area contributed by atoms with Crippen LogP contribution < -0.4 is 9.64 Å². The summed E-state index contributed by atoms with van der Waals surface area (Å²) in [6.45, 7) is 2.75. The number of phenolic OH excluding ortho intramolecular Hbond substituents is 1. The second-order valence-corrected chi connectivity index (χ2v) is 15.2. The van der Waals surface area contributed by atoms with Crippen LogP contribution in [0.1, 0.15) is 37.7 Å². The van der Waals surface area contributed by atoms with Crippen molar-refractivity contribution >= 4 is 33.4 Å². The Morgan fingerprint density at radius 2 is 1.90 bits per heavy atom. The zero-order valence-corrected chi connectivity index (χ0v) is 28.0. The minimum absolute atomic E-state index is 0.0523. The van der Waals surface area contributed by atoms with E-state index in [9.17, 15) is 28.3 Å². The molecule has 2 aromatic heterocycles. The van der Waals surface area contributed by atoms with E-state index in [1.165, 1.54) is 18.3 Å². The van der Waals surface area contributed by atoms with Crippen molar-refractivity contribution in [3.63, 3.8) is 0 Å². The molecule has 0 spiro atoms. The van der Waals surface area contributed by atoms with Crippen molar-refractivity contribution in [1.29, 1.82) is 5.26 Å². The van der Waals surface area contributed by atoms with E-state index < -0.39 is 30.0 Å². The van der Waals surface area contributed by atoms with Crippen molar-refractivity contribution in [2.75, 3.05) is 44.2 Å². The van der Waals surface area contributed by atoms with Crippen LogP contribution in [0, 0.1) is 46.2 Å². The highest BCUT2D eigenvalue weighted by atomic mass is 19.4. The Bertz CT molecular complexity index is 2250. The molecule has 2 aromatic carbocycles. The van der Waals surface area contributed by atoms with Crippen LogP contribution >= 0.6 is 0 Å². The van der Waals surface area contributed by atoms with Crippen LogP contribution in [-0.4, -0.2) is 93.4 Å². The monoisotopic (exact) mass is 711 g/mol. The number of pyridine rings is 1. The van der Waals surface area contributed by atoms with Crippen LogP contribution in [0.3, 0.4) is 0 Å². The topological polar surface area (TPSA) is 119 Å². The van der Waals surface area contributed by atoms with Gasteiger partial charge in [0, 0.05) is 60.8 Å². The average molecular weight is 712 g/mol. The molecule has 4 unspecified atom stereocenters. The summed E-state index contributed by atoms with van der Waals surface area (Å²) in [7, 11) is 0. The van der Waals surface area contributed by atoms with E-state index in [0.29, 0.717) is 35.1 Å². The molecule has 2 bridgehead atoms. The van der Waals surface area contributed by atoms with Gasteiger partial charge in [-0.2, -0.15) is 28.4 Å². The number of carbonyl (C=O) groups is 1. The van der Waals surface area contributed by atoms with E-state index in [2.05, 4.69) is 26.9 Å². The summed E-state index contributed by atoms with van der Waals surface area (Å²) < 4.78 is 63.8. The van der Waals surface area contributed by atoms with E-state index in [0.717, 1.165) is 43.8 Å². The largest absolute Gasteiger partial charge is 0.508 e. The molecule has 5 aliphatic rings. The normalized spacial score (nSPS) is 25.9. The van der Waals surface area contributed by atoms with Crippen molar-refractivity contribution in [2.45, 2.75) is 50.4 Å². The van der Waals surface area contributed by atoms with Crippen LogP contribution in [0.4, 0.5) is 23.4 Å². The molecular formula is C38H33F4N7O3. The molecule has 10 nitrogen and oxygen atoms in total. The van der Waals surface area contributed by atoms with Gasteiger partial charge in [0.15, 0.2) is 5.82 Å². The summed E-state index contributed by atoms with van der Waals surface area (Å²) in [5.41, 5.74) is 0.133. The number of nitriles is 1. The van der Waals surface area contributed by atoms with E-state index in [1.807, 2.05) is 0 Å². The van der Waals surface area contributed by atoms with E-state index in [-0.39, 0.29) is 70.3 Å².